The molecule has 7 heteroatoms. The SMILES string of the molecule is COc1cc(CCNC[C@H](O)[C@H](Cc2ccccc2)N(C(=O)O)C(C)(C)C)cc(OC)c1. The molecule has 7 nitrogen and oxygen atoms in total. The van der Waals surface area contributed by atoms with Gasteiger partial charge in [0, 0.05) is 18.2 Å². The molecule has 3 N–H and O–H groups in total. The van der Waals surface area contributed by atoms with Crippen LogP contribution in [0.5, 0.6) is 11.5 Å². The zero-order chi connectivity index (χ0) is 23.7. The Morgan fingerprint density at radius 3 is 2.12 bits per heavy atom. The van der Waals surface area contributed by atoms with Gasteiger partial charge < -0.3 is 25.0 Å². The summed E-state index contributed by atoms with van der Waals surface area (Å²) in [7, 11) is 3.23. The zero-order valence-corrected chi connectivity index (χ0v) is 19.7. The zero-order valence-electron chi connectivity index (χ0n) is 19.7. The maximum Gasteiger partial charge on any atom is 0.408 e. The fraction of sp³-hybridized carbons (Fsp3) is 0.480. The monoisotopic (exact) mass is 444 g/mol. The Bertz CT molecular complexity index is 829. The van der Waals surface area contributed by atoms with Gasteiger partial charge in [-0.1, -0.05) is 30.3 Å². The maximum absolute atomic E-state index is 12.1. The standard InChI is InChI=1S/C25H36N2O5/c1-25(2,3)27(24(29)30)22(15-18-9-7-6-8-10-18)23(28)17-26-12-11-19-13-20(31-4)16-21(14-19)32-5/h6-10,13-14,16,22-23,26,28H,11-12,15,17H2,1-5H3,(H,29,30)/t22-,23-/m0/s1. The molecule has 176 valence electrons. The van der Waals surface area contributed by atoms with Crippen molar-refractivity contribution in [2.75, 3.05) is 27.3 Å². The molecule has 0 saturated heterocycles. The van der Waals surface area contributed by atoms with Crippen LogP contribution in [0.1, 0.15) is 31.9 Å². The van der Waals surface area contributed by atoms with Crippen molar-refractivity contribution in [2.24, 2.45) is 0 Å². The van der Waals surface area contributed by atoms with E-state index in [-0.39, 0.29) is 6.54 Å². The molecule has 0 fully saturated rings. The van der Waals surface area contributed by atoms with Crippen LogP contribution in [0.15, 0.2) is 48.5 Å². The summed E-state index contributed by atoms with van der Waals surface area (Å²) in [6.45, 7) is 6.42. The third-order valence-electron chi connectivity index (χ3n) is 5.35. The first-order chi connectivity index (χ1) is 15.2. The highest BCUT2D eigenvalue weighted by atomic mass is 16.5. The van der Waals surface area contributed by atoms with E-state index >= 15 is 0 Å². The van der Waals surface area contributed by atoms with Crippen LogP contribution in [0.3, 0.4) is 0 Å². The van der Waals surface area contributed by atoms with E-state index in [2.05, 4.69) is 5.32 Å². The quantitative estimate of drug-likeness (QED) is 0.459. The van der Waals surface area contributed by atoms with E-state index in [0.717, 1.165) is 22.6 Å². The molecule has 0 bridgehead atoms. The van der Waals surface area contributed by atoms with Crippen LogP contribution in [0.25, 0.3) is 0 Å². The first kappa shape index (κ1) is 25.5. The van der Waals surface area contributed by atoms with E-state index in [9.17, 15) is 15.0 Å². The number of carbonyl (C=O) groups is 1. The van der Waals surface area contributed by atoms with Crippen molar-refractivity contribution in [1.82, 2.24) is 10.2 Å². The van der Waals surface area contributed by atoms with Crippen molar-refractivity contribution in [2.45, 2.75) is 51.3 Å². The predicted octanol–water partition coefficient (Wildman–Crippen LogP) is 3.59. The highest BCUT2D eigenvalue weighted by Gasteiger charge is 2.37. The summed E-state index contributed by atoms with van der Waals surface area (Å²) in [6.07, 6.45) is -0.766. The summed E-state index contributed by atoms with van der Waals surface area (Å²) >= 11 is 0. The Labute approximate surface area is 191 Å². The average molecular weight is 445 g/mol. The van der Waals surface area contributed by atoms with Crippen LogP contribution < -0.4 is 14.8 Å². The topological polar surface area (TPSA) is 91.3 Å². The van der Waals surface area contributed by atoms with Gasteiger partial charge >= 0.3 is 6.09 Å². The van der Waals surface area contributed by atoms with Gasteiger partial charge in [-0.15, -0.1) is 0 Å². The molecular formula is C25H36N2O5. The van der Waals surface area contributed by atoms with E-state index < -0.39 is 23.8 Å². The lowest BCUT2D eigenvalue weighted by molar-refractivity contribution is 0.00792. The molecular weight excluding hydrogens is 408 g/mol. The number of hydrogen-bond acceptors (Lipinski definition) is 5. The van der Waals surface area contributed by atoms with Crippen molar-refractivity contribution < 1.29 is 24.5 Å². The van der Waals surface area contributed by atoms with Gasteiger partial charge in [0.05, 0.1) is 26.4 Å². The van der Waals surface area contributed by atoms with E-state index in [4.69, 9.17) is 9.47 Å². The fourth-order valence-electron chi connectivity index (χ4n) is 3.81. The van der Waals surface area contributed by atoms with Crippen LogP contribution in [0.4, 0.5) is 4.79 Å². The van der Waals surface area contributed by atoms with Crippen LogP contribution in [-0.4, -0.2) is 66.2 Å². The van der Waals surface area contributed by atoms with Gasteiger partial charge in [0.2, 0.25) is 0 Å². The van der Waals surface area contributed by atoms with Gasteiger partial charge in [-0.3, -0.25) is 4.90 Å². The molecule has 0 heterocycles. The second-order valence-electron chi connectivity index (χ2n) is 8.82. The van der Waals surface area contributed by atoms with E-state index in [0.29, 0.717) is 19.4 Å². The number of hydrogen-bond donors (Lipinski definition) is 3. The minimum absolute atomic E-state index is 0.276. The summed E-state index contributed by atoms with van der Waals surface area (Å²) in [4.78, 5) is 13.4. The molecule has 2 aromatic carbocycles. The molecule has 2 rings (SSSR count). The highest BCUT2D eigenvalue weighted by molar-refractivity contribution is 5.66. The van der Waals surface area contributed by atoms with E-state index in [1.807, 2.05) is 69.3 Å². The van der Waals surface area contributed by atoms with E-state index in [1.165, 1.54) is 4.90 Å². The number of rotatable bonds is 11. The Kier molecular flexibility index (Phi) is 9.35. The molecule has 0 radical (unpaired) electrons. The average Bonchev–Trinajstić information content (AvgIpc) is 2.75. The lowest BCUT2D eigenvalue weighted by atomic mass is 9.94. The third-order valence-corrected chi connectivity index (χ3v) is 5.35. The highest BCUT2D eigenvalue weighted by Crippen LogP contribution is 2.24. The normalized spacial score (nSPS) is 13.3. The number of benzene rings is 2. The first-order valence-corrected chi connectivity index (χ1v) is 10.8. The number of aliphatic hydroxyl groups excluding tert-OH is 1. The predicted molar refractivity (Wildman–Crippen MR) is 126 cm³/mol. The van der Waals surface area contributed by atoms with Crippen molar-refractivity contribution in [3.05, 3.63) is 59.7 Å². The smallest absolute Gasteiger partial charge is 0.408 e. The van der Waals surface area contributed by atoms with Crippen molar-refractivity contribution in [3.63, 3.8) is 0 Å². The number of ether oxygens (including phenoxy) is 2. The van der Waals surface area contributed by atoms with Gasteiger partial charge in [-0.25, -0.2) is 4.79 Å². The number of nitrogens with one attached hydrogen (secondary N) is 1. The number of amides is 1. The molecule has 1 amide bonds. The van der Waals surface area contributed by atoms with Crippen LogP contribution >= 0.6 is 0 Å². The fourth-order valence-corrected chi connectivity index (χ4v) is 3.81. The third kappa shape index (κ3) is 7.43. The molecule has 0 saturated carbocycles. The van der Waals surface area contributed by atoms with E-state index in [1.54, 1.807) is 14.2 Å². The lowest BCUT2D eigenvalue weighted by Crippen LogP contribution is -2.58. The second-order valence-corrected chi connectivity index (χ2v) is 8.82. The second kappa shape index (κ2) is 11.7. The summed E-state index contributed by atoms with van der Waals surface area (Å²) in [5.74, 6) is 1.45. The number of methoxy groups -OCH3 is 2. The Morgan fingerprint density at radius 1 is 1.03 bits per heavy atom. The molecule has 2 aromatic rings. The number of carboxylic acid groups (broad SMARTS) is 1. The van der Waals surface area contributed by atoms with Crippen LogP contribution in [-0.2, 0) is 12.8 Å². The molecule has 0 aliphatic carbocycles. The maximum atomic E-state index is 12.1. The Hall–Kier alpha value is -2.77. The number of nitrogens with zero attached hydrogens (tertiary/aromatic N) is 1. The minimum Gasteiger partial charge on any atom is -0.497 e. The molecule has 32 heavy (non-hydrogen) atoms. The first-order valence-electron chi connectivity index (χ1n) is 10.8. The van der Waals surface area contributed by atoms with Crippen molar-refractivity contribution in [1.29, 1.82) is 0 Å². The van der Waals surface area contributed by atoms with Crippen molar-refractivity contribution in [3.8, 4) is 11.5 Å². The molecule has 2 atom stereocenters. The van der Waals surface area contributed by atoms with Gasteiger partial charge in [0.25, 0.3) is 0 Å². The molecule has 0 aromatic heterocycles. The minimum atomic E-state index is -1.04. The molecule has 0 aliphatic heterocycles. The van der Waals surface area contributed by atoms with Gasteiger partial charge in [0.1, 0.15) is 11.5 Å². The Balaban J connectivity index is 2.06. The molecule has 0 unspecified atom stereocenters. The van der Waals surface area contributed by atoms with Gasteiger partial charge in [-0.2, -0.15) is 0 Å². The largest absolute Gasteiger partial charge is 0.497 e. The summed E-state index contributed by atoms with van der Waals surface area (Å²) in [5.41, 5.74) is 1.38. The molecule has 0 aliphatic rings. The number of aliphatic hydroxyl groups is 1. The molecule has 0 spiro atoms. The van der Waals surface area contributed by atoms with Gasteiger partial charge in [0.15, 0.2) is 0 Å². The van der Waals surface area contributed by atoms with Crippen molar-refractivity contribution >= 4 is 6.09 Å². The van der Waals surface area contributed by atoms with Crippen LogP contribution in [0, 0.1) is 0 Å². The Morgan fingerprint density at radius 2 is 1.62 bits per heavy atom. The lowest BCUT2D eigenvalue weighted by Gasteiger charge is -2.42. The van der Waals surface area contributed by atoms with Crippen LogP contribution in [0.2, 0.25) is 0 Å². The summed E-state index contributed by atoms with van der Waals surface area (Å²) < 4.78 is 10.6. The summed E-state index contributed by atoms with van der Waals surface area (Å²) in [5, 5.41) is 24.2. The van der Waals surface area contributed by atoms with Gasteiger partial charge in [-0.05, 0) is 63.4 Å². The summed E-state index contributed by atoms with van der Waals surface area (Å²) in [6, 6.07) is 14.8.